The number of ether oxygens (including phenoxy) is 1. The summed E-state index contributed by atoms with van der Waals surface area (Å²) in [6.07, 6.45) is 5.15. The Bertz CT molecular complexity index is 547. The van der Waals surface area contributed by atoms with Crippen molar-refractivity contribution >= 4 is 0 Å². The predicted molar refractivity (Wildman–Crippen MR) is 94.9 cm³/mol. The molecule has 22 heavy (non-hydrogen) atoms. The maximum absolute atomic E-state index is 6.06. The lowest BCUT2D eigenvalue weighted by Gasteiger charge is -2.37. The second kappa shape index (κ2) is 7.49. The second-order valence-electron chi connectivity index (χ2n) is 5.38. The molecule has 118 valence electrons. The quantitative estimate of drug-likeness (QED) is 0.525. The maximum atomic E-state index is 6.06. The maximum Gasteiger partial charge on any atom is 0.131 e. The summed E-state index contributed by atoms with van der Waals surface area (Å²) in [6, 6.07) is 17.1. The van der Waals surface area contributed by atoms with Gasteiger partial charge in [-0.05, 0) is 25.0 Å². The van der Waals surface area contributed by atoms with Crippen molar-refractivity contribution in [3.05, 3.63) is 59.7 Å². The summed E-state index contributed by atoms with van der Waals surface area (Å²) in [6.45, 7) is 8.00. The first-order valence-electron chi connectivity index (χ1n) is 8.77. The molecule has 0 atom stereocenters. The summed E-state index contributed by atoms with van der Waals surface area (Å²) < 4.78 is 6.06. The molecule has 1 spiro atoms. The average Bonchev–Trinajstić information content (AvgIpc) is 3.09. The van der Waals surface area contributed by atoms with Crippen LogP contribution >= 0.6 is 0 Å². The van der Waals surface area contributed by atoms with E-state index < -0.39 is 0 Å². The van der Waals surface area contributed by atoms with E-state index in [2.05, 4.69) is 48.5 Å². The molecule has 1 heteroatoms. The van der Waals surface area contributed by atoms with Crippen molar-refractivity contribution in [1.29, 1.82) is 0 Å². The lowest BCUT2D eigenvalue weighted by molar-refractivity contribution is 0.394. The SMILES string of the molecule is CC.CC.c1ccc2c(c1)Oc1ccccc1C21CCCC1. The van der Waals surface area contributed by atoms with E-state index in [1.165, 1.54) is 36.8 Å². The Hall–Kier alpha value is -1.76. The number of benzene rings is 2. The first-order chi connectivity index (χ1) is 10.9. The van der Waals surface area contributed by atoms with Gasteiger partial charge in [0.2, 0.25) is 0 Å². The van der Waals surface area contributed by atoms with Crippen LogP contribution in [0.15, 0.2) is 48.5 Å². The summed E-state index contributed by atoms with van der Waals surface area (Å²) in [5, 5.41) is 0. The van der Waals surface area contributed by atoms with E-state index in [0.717, 1.165) is 11.5 Å². The van der Waals surface area contributed by atoms with Crippen molar-refractivity contribution in [1.82, 2.24) is 0 Å². The molecule has 0 bridgehead atoms. The molecule has 2 aliphatic rings. The van der Waals surface area contributed by atoms with Crippen LogP contribution in [0.25, 0.3) is 0 Å². The molecule has 1 fully saturated rings. The van der Waals surface area contributed by atoms with Gasteiger partial charge in [0.05, 0.1) is 0 Å². The first-order valence-corrected chi connectivity index (χ1v) is 8.77. The molecule has 1 heterocycles. The zero-order valence-corrected chi connectivity index (χ0v) is 14.4. The Morgan fingerprint density at radius 3 is 1.55 bits per heavy atom. The van der Waals surface area contributed by atoms with Crippen molar-refractivity contribution in [3.8, 4) is 11.5 Å². The monoisotopic (exact) mass is 296 g/mol. The lowest BCUT2D eigenvalue weighted by Crippen LogP contribution is -2.27. The van der Waals surface area contributed by atoms with Crippen molar-refractivity contribution in [2.75, 3.05) is 0 Å². The molecule has 4 rings (SSSR count). The highest BCUT2D eigenvalue weighted by atomic mass is 16.5. The van der Waals surface area contributed by atoms with Crippen LogP contribution in [0.4, 0.5) is 0 Å². The third-order valence-electron chi connectivity index (χ3n) is 4.48. The van der Waals surface area contributed by atoms with Crippen molar-refractivity contribution < 1.29 is 4.74 Å². The van der Waals surface area contributed by atoms with Crippen LogP contribution in [0, 0.1) is 0 Å². The Labute approximate surface area is 135 Å². The van der Waals surface area contributed by atoms with E-state index in [4.69, 9.17) is 4.74 Å². The topological polar surface area (TPSA) is 9.23 Å². The van der Waals surface area contributed by atoms with Gasteiger partial charge >= 0.3 is 0 Å². The molecule has 1 nitrogen and oxygen atoms in total. The number of hydrogen-bond donors (Lipinski definition) is 0. The fraction of sp³-hybridized carbons (Fsp3) is 0.429. The van der Waals surface area contributed by atoms with Gasteiger partial charge in [0, 0.05) is 16.5 Å². The van der Waals surface area contributed by atoms with Gasteiger partial charge in [-0.1, -0.05) is 76.9 Å². The van der Waals surface area contributed by atoms with Gasteiger partial charge in [0.15, 0.2) is 0 Å². The van der Waals surface area contributed by atoms with Crippen LogP contribution < -0.4 is 4.74 Å². The number of fused-ring (bicyclic) bond motifs is 4. The fourth-order valence-corrected chi connectivity index (χ4v) is 3.68. The van der Waals surface area contributed by atoms with Crippen molar-refractivity contribution in [2.45, 2.75) is 58.8 Å². The summed E-state index contributed by atoms with van der Waals surface area (Å²) in [5.74, 6) is 2.11. The Morgan fingerprint density at radius 2 is 1.09 bits per heavy atom. The van der Waals surface area contributed by atoms with Gasteiger partial charge in [-0.3, -0.25) is 0 Å². The van der Waals surface area contributed by atoms with E-state index in [1.54, 1.807) is 0 Å². The van der Waals surface area contributed by atoms with Gasteiger partial charge in [-0.2, -0.15) is 0 Å². The van der Waals surface area contributed by atoms with Crippen LogP contribution in [0.3, 0.4) is 0 Å². The molecule has 0 N–H and O–H groups in total. The molecule has 0 aromatic heterocycles. The largest absolute Gasteiger partial charge is 0.457 e. The molecule has 2 aromatic carbocycles. The highest BCUT2D eigenvalue weighted by Gasteiger charge is 2.43. The smallest absolute Gasteiger partial charge is 0.131 e. The van der Waals surface area contributed by atoms with E-state index in [0.29, 0.717) is 0 Å². The Balaban J connectivity index is 0.000000410. The minimum Gasteiger partial charge on any atom is -0.457 e. The second-order valence-corrected chi connectivity index (χ2v) is 5.38. The van der Waals surface area contributed by atoms with E-state index >= 15 is 0 Å². The summed E-state index contributed by atoms with van der Waals surface area (Å²) in [4.78, 5) is 0. The molecule has 1 aliphatic carbocycles. The molecule has 0 amide bonds. The van der Waals surface area contributed by atoms with E-state index in [9.17, 15) is 0 Å². The highest BCUT2D eigenvalue weighted by Crippen LogP contribution is 2.55. The van der Waals surface area contributed by atoms with Crippen LogP contribution in [0.1, 0.15) is 64.5 Å². The zero-order chi connectivity index (χ0) is 16.0. The molecule has 0 unspecified atom stereocenters. The van der Waals surface area contributed by atoms with Gasteiger partial charge in [-0.15, -0.1) is 0 Å². The predicted octanol–water partition coefficient (Wildman–Crippen LogP) is 6.70. The Morgan fingerprint density at radius 1 is 0.682 bits per heavy atom. The highest BCUT2D eigenvalue weighted by molar-refractivity contribution is 5.57. The van der Waals surface area contributed by atoms with Crippen LogP contribution in [-0.4, -0.2) is 0 Å². The number of hydrogen-bond acceptors (Lipinski definition) is 1. The third-order valence-corrected chi connectivity index (χ3v) is 4.48. The molecule has 0 saturated heterocycles. The molecular formula is C21H28O. The fourth-order valence-electron chi connectivity index (χ4n) is 3.68. The third kappa shape index (κ3) is 2.65. The lowest BCUT2D eigenvalue weighted by atomic mass is 9.71. The normalized spacial score (nSPS) is 16.2. The van der Waals surface area contributed by atoms with Crippen LogP contribution in [0.2, 0.25) is 0 Å². The molecule has 2 aromatic rings. The van der Waals surface area contributed by atoms with E-state index in [-0.39, 0.29) is 5.41 Å². The van der Waals surface area contributed by atoms with Gasteiger partial charge in [-0.25, -0.2) is 0 Å². The standard InChI is InChI=1S/C17H16O.2C2H6/c1-3-9-15-13(7-1)17(11-5-6-12-17)14-8-2-4-10-16(14)18-15;2*1-2/h1-4,7-10H,5-6,11-12H2;2*1-2H3. The van der Waals surface area contributed by atoms with Gasteiger partial charge in [0.1, 0.15) is 11.5 Å². The summed E-state index contributed by atoms with van der Waals surface area (Å²) >= 11 is 0. The zero-order valence-electron chi connectivity index (χ0n) is 14.4. The summed E-state index contributed by atoms with van der Waals surface area (Å²) in [7, 11) is 0. The van der Waals surface area contributed by atoms with Crippen LogP contribution in [0.5, 0.6) is 11.5 Å². The van der Waals surface area contributed by atoms with Crippen molar-refractivity contribution in [3.63, 3.8) is 0 Å². The van der Waals surface area contributed by atoms with Crippen LogP contribution in [-0.2, 0) is 5.41 Å². The molecule has 1 saturated carbocycles. The summed E-state index contributed by atoms with van der Waals surface area (Å²) in [5.41, 5.74) is 2.99. The molecule has 0 radical (unpaired) electrons. The molecular weight excluding hydrogens is 268 g/mol. The first kappa shape index (κ1) is 16.6. The van der Waals surface area contributed by atoms with Gasteiger partial charge < -0.3 is 4.74 Å². The molecule has 1 aliphatic heterocycles. The van der Waals surface area contributed by atoms with E-state index in [1.807, 2.05) is 27.7 Å². The average molecular weight is 296 g/mol. The van der Waals surface area contributed by atoms with Crippen molar-refractivity contribution in [2.24, 2.45) is 0 Å². The minimum absolute atomic E-state index is 0.214. The number of rotatable bonds is 0. The number of para-hydroxylation sites is 2. The Kier molecular flexibility index (Phi) is 5.65. The minimum atomic E-state index is 0.214. The van der Waals surface area contributed by atoms with Gasteiger partial charge in [0.25, 0.3) is 0 Å².